The van der Waals surface area contributed by atoms with E-state index >= 15 is 0 Å². The Morgan fingerprint density at radius 2 is 0.812 bits per heavy atom. The van der Waals surface area contributed by atoms with Crippen molar-refractivity contribution < 1.29 is 20.4 Å². The summed E-state index contributed by atoms with van der Waals surface area (Å²) in [5, 5.41) is 43.4. The van der Waals surface area contributed by atoms with E-state index in [0.717, 1.165) is 60.8 Å². The van der Waals surface area contributed by atoms with Crippen molar-refractivity contribution in [1.29, 1.82) is 0 Å². The van der Waals surface area contributed by atoms with Crippen molar-refractivity contribution in [2.75, 3.05) is 0 Å². The van der Waals surface area contributed by atoms with Crippen LogP contribution in [0.25, 0.3) is 0 Å². The van der Waals surface area contributed by atoms with Crippen LogP contribution in [0, 0.1) is 27.7 Å². The van der Waals surface area contributed by atoms with Crippen LogP contribution < -0.4 is 0 Å². The molecule has 2 aromatic rings. The molecule has 0 amide bonds. The van der Waals surface area contributed by atoms with E-state index in [1.54, 1.807) is 13.8 Å². The molecule has 1 saturated carbocycles. The van der Waals surface area contributed by atoms with Gasteiger partial charge < -0.3 is 20.4 Å². The Balaban J connectivity index is 2.27. The minimum atomic E-state index is -0.584. The largest absolute Gasteiger partial charge is 0.507 e. The third kappa shape index (κ3) is 4.55. The lowest BCUT2D eigenvalue weighted by atomic mass is 9.66. The second-order valence-corrected chi connectivity index (χ2v) is 9.89. The van der Waals surface area contributed by atoms with Crippen molar-refractivity contribution in [2.24, 2.45) is 0 Å². The maximum absolute atomic E-state index is 11.3. The van der Waals surface area contributed by atoms with Gasteiger partial charge in [-0.3, -0.25) is 0 Å². The van der Waals surface area contributed by atoms with Crippen LogP contribution in [0.2, 0.25) is 0 Å². The predicted molar refractivity (Wildman–Crippen MR) is 130 cm³/mol. The van der Waals surface area contributed by atoms with Gasteiger partial charge in [0.15, 0.2) is 0 Å². The van der Waals surface area contributed by atoms with E-state index in [-0.39, 0.29) is 23.0 Å². The molecule has 0 spiro atoms. The molecule has 3 rings (SSSR count). The molecule has 0 atom stereocenters. The molecule has 4 N–H and O–H groups in total. The zero-order valence-electron chi connectivity index (χ0n) is 20.2. The van der Waals surface area contributed by atoms with E-state index in [9.17, 15) is 20.4 Å². The Morgan fingerprint density at radius 3 is 1.16 bits per heavy atom. The molecule has 0 bridgehead atoms. The summed E-state index contributed by atoms with van der Waals surface area (Å²) in [5.74, 6) is 0.472. The van der Waals surface area contributed by atoms with Crippen molar-refractivity contribution in [2.45, 2.75) is 104 Å². The molecule has 0 radical (unpaired) electrons. The molecule has 0 aromatic heterocycles. The Labute approximate surface area is 192 Å². The molecule has 32 heavy (non-hydrogen) atoms. The molecule has 2 aromatic carbocycles. The number of phenolic OH excluding ortho intramolecular Hbond substituents is 4. The Bertz CT molecular complexity index is 883. The smallest absolute Gasteiger partial charge is 0.126 e. The van der Waals surface area contributed by atoms with Crippen molar-refractivity contribution >= 4 is 0 Å². The van der Waals surface area contributed by atoms with Gasteiger partial charge in [-0.1, -0.05) is 57.8 Å². The number of rotatable bonds is 2. The second-order valence-electron chi connectivity index (χ2n) is 9.89. The zero-order valence-corrected chi connectivity index (χ0v) is 20.2. The van der Waals surface area contributed by atoms with Crippen LogP contribution in [0.3, 0.4) is 0 Å². The SMILES string of the molecule is Cc1cc(C2(c3cc(C)c(O)c(C)c3O)CCCCCCCCCCC2)c(O)c(C)c1O. The van der Waals surface area contributed by atoms with Gasteiger partial charge in [0.25, 0.3) is 0 Å². The monoisotopic (exact) mass is 440 g/mol. The number of aromatic hydroxyl groups is 4. The first-order chi connectivity index (χ1) is 15.2. The second kappa shape index (κ2) is 10.1. The maximum Gasteiger partial charge on any atom is 0.126 e. The third-order valence-corrected chi connectivity index (χ3v) is 7.64. The fourth-order valence-electron chi connectivity index (χ4n) is 5.56. The van der Waals surface area contributed by atoms with Gasteiger partial charge in [-0.05, 0) is 63.8 Å². The first kappa shape index (κ1) is 24.3. The molecular formula is C28H40O4. The quantitative estimate of drug-likeness (QED) is 0.394. The standard InChI is InChI=1S/C28H40O4/c1-18-16-22(26(31)20(3)24(18)29)28(23-17-19(2)25(30)21(4)27(23)32)14-12-10-8-6-5-7-9-11-13-15-28/h16-17,29-32H,5-15H2,1-4H3. The Morgan fingerprint density at radius 1 is 0.500 bits per heavy atom. The van der Waals surface area contributed by atoms with Gasteiger partial charge in [0.2, 0.25) is 0 Å². The van der Waals surface area contributed by atoms with Crippen molar-refractivity contribution in [1.82, 2.24) is 0 Å². The summed E-state index contributed by atoms with van der Waals surface area (Å²) in [7, 11) is 0. The molecular weight excluding hydrogens is 400 g/mol. The van der Waals surface area contributed by atoms with Gasteiger partial charge in [0, 0.05) is 27.7 Å². The van der Waals surface area contributed by atoms with E-state index in [1.165, 1.54) is 32.1 Å². The van der Waals surface area contributed by atoms with Gasteiger partial charge in [-0.15, -0.1) is 0 Å². The summed E-state index contributed by atoms with van der Waals surface area (Å²) >= 11 is 0. The summed E-state index contributed by atoms with van der Waals surface area (Å²) in [6.45, 7) is 7.22. The minimum absolute atomic E-state index is 0.114. The summed E-state index contributed by atoms with van der Waals surface area (Å²) in [4.78, 5) is 0. The highest BCUT2D eigenvalue weighted by Gasteiger charge is 2.40. The highest BCUT2D eigenvalue weighted by atomic mass is 16.3. The van der Waals surface area contributed by atoms with E-state index in [1.807, 2.05) is 26.0 Å². The van der Waals surface area contributed by atoms with Crippen LogP contribution in [0.5, 0.6) is 23.0 Å². The summed E-state index contributed by atoms with van der Waals surface area (Å²) in [6, 6.07) is 3.81. The van der Waals surface area contributed by atoms with Crippen LogP contribution in [0.15, 0.2) is 12.1 Å². The molecule has 0 unspecified atom stereocenters. The molecule has 0 heterocycles. The molecule has 0 aliphatic heterocycles. The zero-order chi connectivity index (χ0) is 23.5. The molecule has 0 saturated heterocycles. The number of hydrogen-bond donors (Lipinski definition) is 4. The maximum atomic E-state index is 11.3. The number of benzene rings is 2. The van der Waals surface area contributed by atoms with Crippen LogP contribution in [-0.4, -0.2) is 20.4 Å². The van der Waals surface area contributed by atoms with Gasteiger partial charge >= 0.3 is 0 Å². The average molecular weight is 441 g/mol. The number of aryl methyl sites for hydroxylation is 2. The van der Waals surface area contributed by atoms with Crippen molar-refractivity contribution in [3.63, 3.8) is 0 Å². The molecule has 176 valence electrons. The lowest BCUT2D eigenvalue weighted by Gasteiger charge is -2.38. The van der Waals surface area contributed by atoms with E-state index < -0.39 is 5.41 Å². The van der Waals surface area contributed by atoms with Crippen LogP contribution in [0.1, 0.15) is 104 Å². The minimum Gasteiger partial charge on any atom is -0.507 e. The lowest BCUT2D eigenvalue weighted by Crippen LogP contribution is -2.29. The van der Waals surface area contributed by atoms with Crippen molar-refractivity contribution in [3.05, 3.63) is 45.5 Å². The molecule has 4 heteroatoms. The average Bonchev–Trinajstić information content (AvgIpc) is 2.77. The van der Waals surface area contributed by atoms with Gasteiger partial charge in [-0.2, -0.15) is 0 Å². The Kier molecular flexibility index (Phi) is 7.63. The van der Waals surface area contributed by atoms with E-state index in [4.69, 9.17) is 0 Å². The highest BCUT2D eigenvalue weighted by Crippen LogP contribution is 2.52. The molecule has 1 aliphatic carbocycles. The molecule has 1 fully saturated rings. The number of phenols is 4. The molecule has 1 aliphatic rings. The third-order valence-electron chi connectivity index (χ3n) is 7.64. The Hall–Kier alpha value is -2.36. The first-order valence-corrected chi connectivity index (χ1v) is 12.3. The highest BCUT2D eigenvalue weighted by molar-refractivity contribution is 5.62. The van der Waals surface area contributed by atoms with Gasteiger partial charge in [-0.25, -0.2) is 0 Å². The fraction of sp³-hybridized carbons (Fsp3) is 0.571. The summed E-state index contributed by atoms with van der Waals surface area (Å²) in [6.07, 6.45) is 12.1. The lowest BCUT2D eigenvalue weighted by molar-refractivity contribution is 0.345. The van der Waals surface area contributed by atoms with E-state index in [2.05, 4.69) is 0 Å². The summed E-state index contributed by atoms with van der Waals surface area (Å²) in [5.41, 5.74) is 3.40. The first-order valence-electron chi connectivity index (χ1n) is 12.3. The van der Waals surface area contributed by atoms with Gasteiger partial charge in [0.05, 0.1) is 0 Å². The van der Waals surface area contributed by atoms with Crippen LogP contribution in [-0.2, 0) is 5.41 Å². The van der Waals surface area contributed by atoms with Crippen LogP contribution >= 0.6 is 0 Å². The van der Waals surface area contributed by atoms with Gasteiger partial charge in [0.1, 0.15) is 23.0 Å². The van der Waals surface area contributed by atoms with Crippen molar-refractivity contribution in [3.8, 4) is 23.0 Å². The number of hydrogen-bond acceptors (Lipinski definition) is 4. The van der Waals surface area contributed by atoms with Crippen LogP contribution in [0.4, 0.5) is 0 Å². The molecule has 4 nitrogen and oxygen atoms in total. The summed E-state index contributed by atoms with van der Waals surface area (Å²) < 4.78 is 0. The predicted octanol–water partition coefficient (Wildman–Crippen LogP) is 7.33. The fourth-order valence-corrected chi connectivity index (χ4v) is 5.56. The topological polar surface area (TPSA) is 80.9 Å². The van der Waals surface area contributed by atoms with E-state index in [0.29, 0.717) is 11.1 Å². The normalized spacial score (nSPS) is 18.0.